The molecule has 0 unspecified atom stereocenters. The molecule has 0 aliphatic rings. The van der Waals surface area contributed by atoms with Crippen molar-refractivity contribution in [2.24, 2.45) is 0 Å². The number of nitrogens with zero attached hydrogens (tertiary/aromatic N) is 4. The molecule has 0 bridgehead atoms. The fourth-order valence-corrected chi connectivity index (χ4v) is 2.74. The maximum absolute atomic E-state index is 13.7. The third-order valence-corrected chi connectivity index (χ3v) is 4.34. The van der Waals surface area contributed by atoms with E-state index in [-0.39, 0.29) is 18.8 Å². The summed E-state index contributed by atoms with van der Waals surface area (Å²) < 4.78 is 60.2. The second kappa shape index (κ2) is 8.52. The SMILES string of the molecule is Cc1ccccc1OCCN(C)C(=O)c1nnn(-c2ccc(F)cc2)c1C(F)(F)F. The largest absolute Gasteiger partial charge is 0.491 e. The molecule has 0 saturated heterocycles. The summed E-state index contributed by atoms with van der Waals surface area (Å²) in [6.07, 6.45) is -4.90. The van der Waals surface area contributed by atoms with E-state index in [4.69, 9.17) is 4.74 Å². The first-order chi connectivity index (χ1) is 14.2. The Hall–Kier alpha value is -3.43. The van der Waals surface area contributed by atoms with Crippen LogP contribution in [0.4, 0.5) is 17.6 Å². The van der Waals surface area contributed by atoms with Crippen molar-refractivity contribution in [3.05, 3.63) is 71.3 Å². The van der Waals surface area contributed by atoms with Crippen LogP contribution in [0.15, 0.2) is 48.5 Å². The van der Waals surface area contributed by atoms with Gasteiger partial charge in [0.2, 0.25) is 0 Å². The zero-order chi connectivity index (χ0) is 21.9. The van der Waals surface area contributed by atoms with E-state index in [1.54, 1.807) is 12.1 Å². The standard InChI is InChI=1S/C20H18F4N4O2/c1-13-5-3-4-6-16(13)30-12-11-27(2)19(29)17-18(20(22,23)24)28(26-25-17)15-9-7-14(21)8-10-15/h3-10H,11-12H2,1-2H3. The molecule has 0 aliphatic carbocycles. The number of rotatable bonds is 6. The van der Waals surface area contributed by atoms with Crippen molar-refractivity contribution >= 4 is 5.91 Å². The molecule has 0 aliphatic heterocycles. The average Bonchev–Trinajstić information content (AvgIpc) is 3.15. The van der Waals surface area contributed by atoms with Crippen molar-refractivity contribution in [3.63, 3.8) is 0 Å². The highest BCUT2D eigenvalue weighted by atomic mass is 19.4. The fraction of sp³-hybridized carbons (Fsp3) is 0.250. The van der Waals surface area contributed by atoms with Gasteiger partial charge in [-0.2, -0.15) is 13.2 Å². The minimum absolute atomic E-state index is 0.0356. The van der Waals surface area contributed by atoms with E-state index in [1.165, 1.54) is 7.05 Å². The summed E-state index contributed by atoms with van der Waals surface area (Å²) in [7, 11) is 1.35. The third-order valence-electron chi connectivity index (χ3n) is 4.34. The lowest BCUT2D eigenvalue weighted by atomic mass is 10.2. The highest BCUT2D eigenvalue weighted by Gasteiger charge is 2.42. The van der Waals surface area contributed by atoms with Crippen LogP contribution >= 0.6 is 0 Å². The molecule has 6 nitrogen and oxygen atoms in total. The molecule has 10 heteroatoms. The molecule has 0 saturated carbocycles. The number of hydrogen-bond donors (Lipinski definition) is 0. The smallest absolute Gasteiger partial charge is 0.435 e. The number of aryl methyl sites for hydroxylation is 1. The molecule has 1 heterocycles. The molecular formula is C20H18F4N4O2. The summed E-state index contributed by atoms with van der Waals surface area (Å²) in [5.41, 5.74) is -1.34. The molecule has 3 rings (SSSR count). The number of carbonyl (C=O) groups is 1. The van der Waals surface area contributed by atoms with Crippen molar-refractivity contribution in [1.29, 1.82) is 0 Å². The van der Waals surface area contributed by atoms with Crippen LogP contribution in [-0.2, 0) is 6.18 Å². The van der Waals surface area contributed by atoms with E-state index in [1.807, 2.05) is 19.1 Å². The second-order valence-corrected chi connectivity index (χ2v) is 6.51. The predicted octanol–water partition coefficient (Wildman–Crippen LogP) is 3.88. The Balaban J connectivity index is 1.79. The van der Waals surface area contributed by atoms with Crippen LogP contribution in [0.25, 0.3) is 5.69 Å². The van der Waals surface area contributed by atoms with Gasteiger partial charge in [0.15, 0.2) is 11.4 Å². The average molecular weight is 422 g/mol. The van der Waals surface area contributed by atoms with Gasteiger partial charge >= 0.3 is 6.18 Å². The zero-order valence-corrected chi connectivity index (χ0v) is 16.2. The summed E-state index contributed by atoms with van der Waals surface area (Å²) in [5, 5.41) is 6.92. The van der Waals surface area contributed by atoms with Crippen molar-refractivity contribution in [2.45, 2.75) is 13.1 Å². The normalized spacial score (nSPS) is 11.4. The lowest BCUT2D eigenvalue weighted by molar-refractivity contribution is -0.143. The van der Waals surface area contributed by atoms with Crippen LogP contribution in [0.1, 0.15) is 21.7 Å². The molecular weight excluding hydrogens is 404 g/mol. The van der Waals surface area contributed by atoms with Gasteiger partial charge in [0, 0.05) is 7.05 Å². The third kappa shape index (κ3) is 4.58. The predicted molar refractivity (Wildman–Crippen MR) is 100.0 cm³/mol. The van der Waals surface area contributed by atoms with E-state index in [0.29, 0.717) is 10.4 Å². The first-order valence-electron chi connectivity index (χ1n) is 8.91. The molecule has 1 amide bonds. The molecule has 30 heavy (non-hydrogen) atoms. The van der Waals surface area contributed by atoms with E-state index in [0.717, 1.165) is 34.7 Å². The molecule has 158 valence electrons. The van der Waals surface area contributed by atoms with Crippen LogP contribution < -0.4 is 4.74 Å². The summed E-state index contributed by atoms with van der Waals surface area (Å²) >= 11 is 0. The van der Waals surface area contributed by atoms with Crippen molar-refractivity contribution < 1.29 is 27.1 Å². The number of halogens is 4. The van der Waals surface area contributed by atoms with E-state index in [9.17, 15) is 22.4 Å². The van der Waals surface area contributed by atoms with Crippen LogP contribution in [0.3, 0.4) is 0 Å². The Morgan fingerprint density at radius 2 is 1.80 bits per heavy atom. The summed E-state index contributed by atoms with van der Waals surface area (Å²) in [5.74, 6) is -0.947. The van der Waals surface area contributed by atoms with Crippen molar-refractivity contribution in [1.82, 2.24) is 19.9 Å². The fourth-order valence-electron chi connectivity index (χ4n) is 2.74. The number of likely N-dealkylation sites (N-methyl/N-ethyl adjacent to an activating group) is 1. The molecule has 0 N–H and O–H groups in total. The zero-order valence-electron chi connectivity index (χ0n) is 16.2. The van der Waals surface area contributed by atoms with Crippen LogP contribution in [-0.4, -0.2) is 46.0 Å². The topological polar surface area (TPSA) is 60.2 Å². The number of aromatic nitrogens is 3. The highest BCUT2D eigenvalue weighted by Crippen LogP contribution is 2.33. The Morgan fingerprint density at radius 1 is 1.13 bits per heavy atom. The Bertz CT molecular complexity index is 1030. The van der Waals surface area contributed by atoms with Crippen LogP contribution in [0, 0.1) is 12.7 Å². The second-order valence-electron chi connectivity index (χ2n) is 6.51. The molecule has 2 aromatic carbocycles. The van der Waals surface area contributed by atoms with Gasteiger partial charge in [-0.1, -0.05) is 23.4 Å². The van der Waals surface area contributed by atoms with E-state index >= 15 is 0 Å². The molecule has 1 aromatic heterocycles. The highest BCUT2D eigenvalue weighted by molar-refractivity contribution is 5.93. The van der Waals surface area contributed by atoms with Gasteiger partial charge in [0.25, 0.3) is 5.91 Å². The lowest BCUT2D eigenvalue weighted by Crippen LogP contribution is -2.33. The molecule has 3 aromatic rings. The maximum atomic E-state index is 13.7. The number of alkyl halides is 3. The number of hydrogen-bond acceptors (Lipinski definition) is 4. The van der Waals surface area contributed by atoms with Gasteiger partial charge in [0.05, 0.1) is 12.2 Å². The Labute approximate surface area is 169 Å². The minimum Gasteiger partial charge on any atom is -0.491 e. The number of ether oxygens (including phenoxy) is 1. The van der Waals surface area contributed by atoms with Gasteiger partial charge in [-0.25, -0.2) is 9.07 Å². The first-order valence-corrected chi connectivity index (χ1v) is 8.91. The van der Waals surface area contributed by atoms with Crippen molar-refractivity contribution in [2.75, 3.05) is 20.2 Å². The van der Waals surface area contributed by atoms with Gasteiger partial charge in [-0.15, -0.1) is 5.10 Å². The molecule has 0 spiro atoms. The number of para-hydroxylation sites is 1. The number of amides is 1. The maximum Gasteiger partial charge on any atom is 0.435 e. The first kappa shape index (κ1) is 21.3. The van der Waals surface area contributed by atoms with Crippen LogP contribution in [0.2, 0.25) is 0 Å². The molecule has 0 atom stereocenters. The van der Waals surface area contributed by atoms with Gasteiger partial charge in [0.1, 0.15) is 18.2 Å². The van der Waals surface area contributed by atoms with Crippen LogP contribution in [0.5, 0.6) is 5.75 Å². The summed E-state index contributed by atoms with van der Waals surface area (Å²) in [6, 6.07) is 11.5. The number of benzene rings is 2. The number of carbonyl (C=O) groups excluding carboxylic acids is 1. The quantitative estimate of drug-likeness (QED) is 0.566. The van der Waals surface area contributed by atoms with Gasteiger partial charge in [-0.05, 0) is 42.8 Å². The Morgan fingerprint density at radius 3 is 2.43 bits per heavy atom. The lowest BCUT2D eigenvalue weighted by Gasteiger charge is -2.18. The summed E-state index contributed by atoms with van der Waals surface area (Å²) in [6.45, 7) is 1.97. The van der Waals surface area contributed by atoms with E-state index in [2.05, 4.69) is 10.3 Å². The van der Waals surface area contributed by atoms with Crippen molar-refractivity contribution in [3.8, 4) is 11.4 Å². The summed E-state index contributed by atoms with van der Waals surface area (Å²) in [4.78, 5) is 13.7. The van der Waals surface area contributed by atoms with Gasteiger partial charge < -0.3 is 9.64 Å². The molecule has 0 fully saturated rings. The monoisotopic (exact) mass is 422 g/mol. The van der Waals surface area contributed by atoms with Gasteiger partial charge in [-0.3, -0.25) is 4.79 Å². The molecule has 0 radical (unpaired) electrons. The minimum atomic E-state index is -4.90. The Kier molecular flexibility index (Phi) is 6.04. The van der Waals surface area contributed by atoms with E-state index < -0.39 is 29.3 Å².